The molecule has 8 heteroatoms. The van der Waals surface area contributed by atoms with E-state index in [-0.39, 0.29) is 29.6 Å². The normalized spacial score (nSPS) is 14.2. The van der Waals surface area contributed by atoms with E-state index in [1.54, 1.807) is 0 Å². The molecule has 0 radical (unpaired) electrons. The first-order chi connectivity index (χ1) is 2.94. The van der Waals surface area contributed by atoms with Crippen molar-refractivity contribution in [2.45, 2.75) is 0 Å². The standard InChI is InChI=1S/Na.H2O5S2.H/c;1-6(2)7(3,4)5;/h;(H,1,2)(H,3,4,5);. The molecule has 0 fully saturated rings. The van der Waals surface area contributed by atoms with Crippen molar-refractivity contribution in [3.63, 3.8) is 0 Å². The van der Waals surface area contributed by atoms with Gasteiger partial charge in [0.2, 0.25) is 0 Å². The molecule has 0 aliphatic carbocycles. The number of hydrogen-bond donors (Lipinski definition) is 2. The SMILES string of the molecule is O=S(O)S(=O)(=O)O.[NaH]. The van der Waals surface area contributed by atoms with Gasteiger partial charge in [-0.3, -0.25) is 9.11 Å². The fourth-order valence-electron chi connectivity index (χ4n) is 0. The fourth-order valence-corrected chi connectivity index (χ4v) is 0. The van der Waals surface area contributed by atoms with E-state index in [0.717, 1.165) is 0 Å². The molecule has 0 saturated carbocycles. The van der Waals surface area contributed by atoms with E-state index >= 15 is 0 Å². The molecule has 0 saturated heterocycles. The average Bonchev–Trinajstić information content (AvgIpc) is 1.31. The Labute approximate surface area is 70.2 Å². The minimum absolute atomic E-state index is 0. The van der Waals surface area contributed by atoms with Crippen LogP contribution < -0.4 is 0 Å². The van der Waals surface area contributed by atoms with Crippen LogP contribution in [0.25, 0.3) is 0 Å². The van der Waals surface area contributed by atoms with Gasteiger partial charge >= 0.3 is 48.8 Å². The summed E-state index contributed by atoms with van der Waals surface area (Å²) < 4.78 is 43.0. The van der Waals surface area contributed by atoms with Crippen LogP contribution in [-0.2, 0) is 19.3 Å². The molecular formula is H3NaO5S2. The summed E-state index contributed by atoms with van der Waals surface area (Å²) in [6, 6.07) is 0. The summed E-state index contributed by atoms with van der Waals surface area (Å²) in [6.07, 6.45) is 0. The van der Waals surface area contributed by atoms with Crippen molar-refractivity contribution in [2.75, 3.05) is 0 Å². The first-order valence-corrected chi connectivity index (χ1v) is 4.10. The summed E-state index contributed by atoms with van der Waals surface area (Å²) >= 11 is 0. The molecule has 0 aliphatic rings. The first-order valence-electron chi connectivity index (χ1n) is 1.03. The summed E-state index contributed by atoms with van der Waals surface area (Å²) in [7, 11) is -7.87. The molecule has 0 rings (SSSR count). The predicted octanol–water partition coefficient (Wildman–Crippen LogP) is -1.64. The van der Waals surface area contributed by atoms with Gasteiger partial charge in [0.05, 0.1) is 0 Å². The third kappa shape index (κ3) is 5.16. The quantitative estimate of drug-likeness (QED) is 0.213. The molecule has 0 aromatic carbocycles. The zero-order chi connectivity index (χ0) is 6.08. The van der Waals surface area contributed by atoms with Gasteiger partial charge in [-0.1, -0.05) is 0 Å². The molecule has 0 heterocycles. The monoisotopic (exact) mass is 170 g/mol. The third-order valence-electron chi connectivity index (χ3n) is 0.180. The molecule has 0 bridgehead atoms. The van der Waals surface area contributed by atoms with Crippen molar-refractivity contribution in [3.05, 3.63) is 0 Å². The van der Waals surface area contributed by atoms with Crippen molar-refractivity contribution >= 4 is 48.8 Å². The van der Waals surface area contributed by atoms with Crippen LogP contribution in [0.2, 0.25) is 0 Å². The Balaban J connectivity index is 0. The molecule has 1 unspecified atom stereocenters. The van der Waals surface area contributed by atoms with Gasteiger partial charge in [-0.2, -0.15) is 8.42 Å². The Morgan fingerprint density at radius 3 is 1.50 bits per heavy atom. The van der Waals surface area contributed by atoms with Gasteiger partial charge in [0.15, 0.2) is 0 Å². The summed E-state index contributed by atoms with van der Waals surface area (Å²) in [4.78, 5) is 0. The van der Waals surface area contributed by atoms with E-state index < -0.39 is 19.3 Å². The van der Waals surface area contributed by atoms with E-state index in [4.69, 9.17) is 9.11 Å². The first kappa shape index (κ1) is 11.8. The summed E-state index contributed by atoms with van der Waals surface area (Å²) in [6.45, 7) is 0. The van der Waals surface area contributed by atoms with Crippen LogP contribution in [0, 0.1) is 0 Å². The second-order valence-electron chi connectivity index (χ2n) is 0.645. The van der Waals surface area contributed by atoms with E-state index in [1.807, 2.05) is 0 Å². The van der Waals surface area contributed by atoms with Gasteiger partial charge in [-0.15, -0.1) is 0 Å². The zero-order valence-electron chi connectivity index (χ0n) is 2.94. The van der Waals surface area contributed by atoms with E-state index in [9.17, 15) is 12.6 Å². The van der Waals surface area contributed by atoms with Crippen molar-refractivity contribution < 1.29 is 21.7 Å². The number of hydrogen-bond acceptors (Lipinski definition) is 3. The van der Waals surface area contributed by atoms with Gasteiger partial charge in [0.1, 0.15) is 0 Å². The molecule has 0 aliphatic heterocycles. The average molecular weight is 170 g/mol. The maximum absolute atomic E-state index is 9.34. The van der Waals surface area contributed by atoms with Crippen molar-refractivity contribution in [2.24, 2.45) is 0 Å². The van der Waals surface area contributed by atoms with Crippen LogP contribution in [0.5, 0.6) is 0 Å². The van der Waals surface area contributed by atoms with Gasteiger partial charge in [-0.25, -0.2) is 4.21 Å². The molecule has 0 aromatic rings. The van der Waals surface area contributed by atoms with Gasteiger partial charge in [0.25, 0.3) is 0 Å². The van der Waals surface area contributed by atoms with Gasteiger partial charge in [-0.05, 0) is 0 Å². The molecule has 8 heavy (non-hydrogen) atoms. The molecule has 5 nitrogen and oxygen atoms in total. The predicted molar refractivity (Wildman–Crippen MR) is 29.5 cm³/mol. The fraction of sp³-hybridized carbons (Fsp3) is 0. The van der Waals surface area contributed by atoms with Crippen molar-refractivity contribution in [1.29, 1.82) is 0 Å². The van der Waals surface area contributed by atoms with E-state index in [0.29, 0.717) is 0 Å². The maximum atomic E-state index is 9.34. The second kappa shape index (κ2) is 3.94. The minimum atomic E-state index is -4.71. The Morgan fingerprint density at radius 1 is 1.38 bits per heavy atom. The summed E-state index contributed by atoms with van der Waals surface area (Å²) in [5, 5.41) is 0. The molecule has 0 spiro atoms. The Bertz CT molecular complexity index is 165. The van der Waals surface area contributed by atoms with Crippen molar-refractivity contribution in [3.8, 4) is 0 Å². The van der Waals surface area contributed by atoms with Crippen LogP contribution in [0.3, 0.4) is 0 Å². The molecule has 1 atom stereocenters. The summed E-state index contributed by atoms with van der Waals surface area (Å²) in [5.41, 5.74) is 0. The Hall–Kier alpha value is 1.02. The second-order valence-corrected chi connectivity index (χ2v) is 4.05. The van der Waals surface area contributed by atoms with Gasteiger partial charge in [0, 0.05) is 0 Å². The van der Waals surface area contributed by atoms with Crippen LogP contribution in [-0.4, -0.2) is 51.3 Å². The molecule has 2 N–H and O–H groups in total. The van der Waals surface area contributed by atoms with Crippen molar-refractivity contribution in [1.82, 2.24) is 0 Å². The van der Waals surface area contributed by atoms with Crippen LogP contribution in [0.15, 0.2) is 0 Å². The number of rotatable bonds is 1. The Kier molecular flexibility index (Phi) is 5.79. The zero-order valence-corrected chi connectivity index (χ0v) is 4.57. The topological polar surface area (TPSA) is 91.7 Å². The third-order valence-corrected chi connectivity index (χ3v) is 1.62. The molecule has 0 aromatic heterocycles. The molecular weight excluding hydrogens is 167 g/mol. The molecule has 0 amide bonds. The van der Waals surface area contributed by atoms with Crippen LogP contribution in [0.4, 0.5) is 0 Å². The van der Waals surface area contributed by atoms with E-state index in [1.165, 1.54) is 0 Å². The van der Waals surface area contributed by atoms with Crippen LogP contribution in [0.1, 0.15) is 0 Å². The molecule has 46 valence electrons. The van der Waals surface area contributed by atoms with Crippen LogP contribution >= 0.6 is 0 Å². The van der Waals surface area contributed by atoms with Gasteiger partial charge < -0.3 is 0 Å². The van der Waals surface area contributed by atoms with E-state index in [2.05, 4.69) is 0 Å². The Morgan fingerprint density at radius 2 is 1.50 bits per heavy atom. The summed E-state index contributed by atoms with van der Waals surface area (Å²) in [5.74, 6) is 0.